The molecule has 6 nitrogen and oxygen atoms in total. The number of rotatable bonds is 8. The maximum absolute atomic E-state index is 6.39. The van der Waals surface area contributed by atoms with Crippen molar-refractivity contribution in [3.05, 3.63) is 60.3 Å². The molecule has 2 aromatic carbocycles. The molecule has 0 unspecified atom stereocenters. The first-order chi connectivity index (χ1) is 16.6. The van der Waals surface area contributed by atoms with Crippen LogP contribution in [0.2, 0.25) is 0 Å². The molecule has 0 aliphatic carbocycles. The SMILES string of the molecule is CN(C)CCOc1ccc(-c2oc3nc(N)nc(CC4SCCS4)c3c2-c2ccccc2)cc1. The van der Waals surface area contributed by atoms with Crippen LogP contribution in [0.25, 0.3) is 33.6 Å². The van der Waals surface area contributed by atoms with Crippen molar-refractivity contribution in [2.75, 3.05) is 44.5 Å². The average molecular weight is 493 g/mol. The number of thioether (sulfide) groups is 2. The van der Waals surface area contributed by atoms with E-state index in [2.05, 4.69) is 27.0 Å². The molecule has 1 saturated heterocycles. The quantitative estimate of drug-likeness (QED) is 0.349. The van der Waals surface area contributed by atoms with Gasteiger partial charge in [0.2, 0.25) is 11.7 Å². The number of ether oxygens (including phenoxy) is 1. The fourth-order valence-electron chi connectivity index (χ4n) is 4.05. The minimum Gasteiger partial charge on any atom is -0.492 e. The predicted octanol–water partition coefficient (Wildman–Crippen LogP) is 5.43. The fraction of sp³-hybridized carbons (Fsp3) is 0.308. The molecule has 5 rings (SSSR count). The highest BCUT2D eigenvalue weighted by Crippen LogP contribution is 2.43. The molecule has 0 radical (unpaired) electrons. The van der Waals surface area contributed by atoms with Crippen LogP contribution in [0.3, 0.4) is 0 Å². The van der Waals surface area contributed by atoms with Crippen molar-refractivity contribution in [2.24, 2.45) is 0 Å². The summed E-state index contributed by atoms with van der Waals surface area (Å²) in [5.74, 6) is 4.20. The van der Waals surface area contributed by atoms with Crippen molar-refractivity contribution in [2.45, 2.75) is 11.0 Å². The molecule has 0 amide bonds. The molecule has 2 aromatic heterocycles. The third kappa shape index (κ3) is 5.04. The Kier molecular flexibility index (Phi) is 6.99. The molecular formula is C26H28N4O2S2. The third-order valence-corrected chi connectivity index (χ3v) is 8.71. The number of nitrogens with zero attached hydrogens (tertiary/aromatic N) is 3. The smallest absolute Gasteiger partial charge is 0.232 e. The maximum Gasteiger partial charge on any atom is 0.232 e. The Morgan fingerprint density at radius 1 is 1.00 bits per heavy atom. The van der Waals surface area contributed by atoms with E-state index in [0.29, 0.717) is 16.9 Å². The van der Waals surface area contributed by atoms with Gasteiger partial charge in [-0.3, -0.25) is 0 Å². The largest absolute Gasteiger partial charge is 0.492 e. The van der Waals surface area contributed by atoms with Gasteiger partial charge in [0.1, 0.15) is 18.1 Å². The number of nitrogens with two attached hydrogens (primary N) is 1. The van der Waals surface area contributed by atoms with Gasteiger partial charge < -0.3 is 19.8 Å². The van der Waals surface area contributed by atoms with E-state index < -0.39 is 0 Å². The van der Waals surface area contributed by atoms with Crippen LogP contribution in [-0.4, -0.2) is 58.2 Å². The van der Waals surface area contributed by atoms with Crippen LogP contribution in [0.5, 0.6) is 5.75 Å². The second-order valence-electron chi connectivity index (χ2n) is 8.43. The molecule has 0 bridgehead atoms. The summed E-state index contributed by atoms with van der Waals surface area (Å²) in [7, 11) is 4.07. The van der Waals surface area contributed by atoms with Gasteiger partial charge in [0.15, 0.2) is 0 Å². The van der Waals surface area contributed by atoms with E-state index in [4.69, 9.17) is 14.9 Å². The van der Waals surface area contributed by atoms with Crippen LogP contribution in [0, 0.1) is 0 Å². The summed E-state index contributed by atoms with van der Waals surface area (Å²) in [6, 6.07) is 18.4. The van der Waals surface area contributed by atoms with Gasteiger partial charge in [-0.25, -0.2) is 4.98 Å². The number of hydrogen-bond acceptors (Lipinski definition) is 8. The Hall–Kier alpha value is -2.68. The number of aromatic nitrogens is 2. The molecular weight excluding hydrogens is 464 g/mol. The van der Waals surface area contributed by atoms with E-state index >= 15 is 0 Å². The monoisotopic (exact) mass is 492 g/mol. The first-order valence-electron chi connectivity index (χ1n) is 11.3. The number of anilines is 1. The number of hydrogen-bond donors (Lipinski definition) is 1. The summed E-state index contributed by atoms with van der Waals surface area (Å²) in [6.45, 7) is 1.51. The zero-order valence-electron chi connectivity index (χ0n) is 19.4. The van der Waals surface area contributed by atoms with Gasteiger partial charge >= 0.3 is 0 Å². The Morgan fingerprint density at radius 2 is 1.74 bits per heavy atom. The van der Waals surface area contributed by atoms with E-state index in [1.54, 1.807) is 0 Å². The lowest BCUT2D eigenvalue weighted by Crippen LogP contribution is -2.19. The van der Waals surface area contributed by atoms with E-state index in [-0.39, 0.29) is 5.95 Å². The summed E-state index contributed by atoms with van der Waals surface area (Å²) >= 11 is 3.96. The number of fused-ring (bicyclic) bond motifs is 1. The number of benzene rings is 2. The van der Waals surface area contributed by atoms with Gasteiger partial charge in [-0.1, -0.05) is 30.3 Å². The van der Waals surface area contributed by atoms with Crippen molar-refractivity contribution in [1.29, 1.82) is 0 Å². The van der Waals surface area contributed by atoms with Gasteiger partial charge in [-0.05, 0) is 43.9 Å². The molecule has 1 fully saturated rings. The lowest BCUT2D eigenvalue weighted by Gasteiger charge is -2.11. The minimum absolute atomic E-state index is 0.250. The molecule has 3 heterocycles. The Labute approximate surface area is 208 Å². The molecule has 2 N–H and O–H groups in total. The third-order valence-electron chi connectivity index (χ3n) is 5.68. The molecule has 1 aliphatic heterocycles. The molecule has 0 spiro atoms. The maximum atomic E-state index is 6.39. The van der Waals surface area contributed by atoms with E-state index in [1.165, 1.54) is 11.5 Å². The van der Waals surface area contributed by atoms with Gasteiger partial charge in [-0.2, -0.15) is 4.98 Å². The Morgan fingerprint density at radius 3 is 2.44 bits per heavy atom. The molecule has 0 atom stereocenters. The van der Waals surface area contributed by atoms with Crippen molar-refractivity contribution in [3.8, 4) is 28.2 Å². The lowest BCUT2D eigenvalue weighted by molar-refractivity contribution is 0.261. The highest BCUT2D eigenvalue weighted by molar-refractivity contribution is 8.20. The van der Waals surface area contributed by atoms with Crippen molar-refractivity contribution in [3.63, 3.8) is 0 Å². The molecule has 1 aliphatic rings. The normalized spacial score (nSPS) is 14.3. The Bertz CT molecular complexity index is 1250. The van der Waals surface area contributed by atoms with E-state index in [9.17, 15) is 0 Å². The molecule has 4 aromatic rings. The van der Waals surface area contributed by atoms with Crippen molar-refractivity contribution >= 4 is 40.6 Å². The average Bonchev–Trinajstić information content (AvgIpc) is 3.48. The van der Waals surface area contributed by atoms with Gasteiger partial charge in [0.25, 0.3) is 0 Å². The van der Waals surface area contributed by atoms with Crippen molar-refractivity contribution in [1.82, 2.24) is 14.9 Å². The standard InChI is InChI=1S/C26H28N4O2S2/c1-30(2)12-13-31-19-10-8-18(9-11-19)24-22(17-6-4-3-5-7-17)23-20(16-21-33-14-15-34-21)28-26(27)29-25(23)32-24/h3-11,21H,12-16H2,1-2H3,(H2,27,28,29). The number of likely N-dealkylation sites (N-methyl/N-ethyl adjacent to an activating group) is 1. The summed E-state index contributed by atoms with van der Waals surface area (Å²) < 4.78 is 12.7. The summed E-state index contributed by atoms with van der Waals surface area (Å²) in [5, 5.41) is 0.954. The van der Waals surface area contributed by atoms with Crippen LogP contribution in [0.1, 0.15) is 5.69 Å². The zero-order chi connectivity index (χ0) is 23.5. The zero-order valence-corrected chi connectivity index (χ0v) is 21.0. The van der Waals surface area contributed by atoms with Crippen LogP contribution in [0.15, 0.2) is 59.0 Å². The second-order valence-corrected chi connectivity index (χ2v) is 11.4. The summed E-state index contributed by atoms with van der Waals surface area (Å²) in [4.78, 5) is 11.2. The predicted molar refractivity (Wildman–Crippen MR) is 144 cm³/mol. The summed E-state index contributed by atoms with van der Waals surface area (Å²) in [5.41, 5.74) is 10.6. The highest BCUT2D eigenvalue weighted by Gasteiger charge is 2.26. The molecule has 34 heavy (non-hydrogen) atoms. The number of nitrogen functional groups attached to an aromatic ring is 1. The fourth-order valence-corrected chi connectivity index (χ4v) is 6.86. The van der Waals surface area contributed by atoms with Crippen LogP contribution in [0.4, 0.5) is 5.95 Å². The molecule has 176 valence electrons. The first-order valence-corrected chi connectivity index (χ1v) is 13.4. The van der Waals surface area contributed by atoms with Crippen LogP contribution >= 0.6 is 23.5 Å². The van der Waals surface area contributed by atoms with Gasteiger partial charge in [0, 0.05) is 35.6 Å². The first kappa shape index (κ1) is 23.1. The van der Waals surface area contributed by atoms with Crippen molar-refractivity contribution < 1.29 is 9.15 Å². The van der Waals surface area contributed by atoms with Gasteiger partial charge in [0.05, 0.1) is 15.7 Å². The summed E-state index contributed by atoms with van der Waals surface area (Å²) in [6.07, 6.45) is 0.829. The van der Waals surface area contributed by atoms with E-state index in [1.807, 2.05) is 80.1 Å². The molecule has 8 heteroatoms. The highest BCUT2D eigenvalue weighted by atomic mass is 32.2. The van der Waals surface area contributed by atoms with E-state index in [0.717, 1.165) is 52.2 Å². The van der Waals surface area contributed by atoms with Crippen LogP contribution in [-0.2, 0) is 6.42 Å². The topological polar surface area (TPSA) is 77.4 Å². The number of furan rings is 1. The lowest BCUT2D eigenvalue weighted by atomic mass is 9.98. The minimum atomic E-state index is 0.250. The molecule has 0 saturated carbocycles. The van der Waals surface area contributed by atoms with Crippen LogP contribution < -0.4 is 10.5 Å². The Balaban J connectivity index is 1.59. The van der Waals surface area contributed by atoms with Gasteiger partial charge in [-0.15, -0.1) is 23.5 Å². The second kappa shape index (κ2) is 10.3.